The number of nitrogens with two attached hydrogens (primary N) is 1. The van der Waals surface area contributed by atoms with E-state index in [2.05, 4.69) is 10.6 Å². The summed E-state index contributed by atoms with van der Waals surface area (Å²) in [6, 6.07) is 7.00. The number of carbonyl (C=O) groups is 2. The fraction of sp³-hybridized carbons (Fsp3) is 0.467. The summed E-state index contributed by atoms with van der Waals surface area (Å²) in [6.07, 6.45) is 0. The molecule has 1 heterocycles. The molecule has 8 nitrogen and oxygen atoms in total. The molecule has 24 heavy (non-hydrogen) atoms. The molecule has 0 spiro atoms. The number of rotatable bonds is 6. The van der Waals surface area contributed by atoms with Crippen molar-refractivity contribution in [1.29, 1.82) is 0 Å². The van der Waals surface area contributed by atoms with Gasteiger partial charge < -0.3 is 16.2 Å². The summed E-state index contributed by atoms with van der Waals surface area (Å²) in [5, 5.41) is 15.3. The summed E-state index contributed by atoms with van der Waals surface area (Å²) in [5.41, 5.74) is 6.58. The van der Waals surface area contributed by atoms with E-state index in [1.165, 1.54) is 11.8 Å². The molecule has 1 saturated heterocycles. The molecule has 1 aliphatic rings. The predicted octanol–water partition coefficient (Wildman–Crippen LogP) is 1.09. The van der Waals surface area contributed by atoms with Crippen molar-refractivity contribution in [2.45, 2.75) is 36.1 Å². The first-order valence-corrected chi connectivity index (χ1v) is 8.26. The zero-order valence-corrected chi connectivity index (χ0v) is 14.2. The zero-order chi connectivity index (χ0) is 17.9. The summed E-state index contributed by atoms with van der Waals surface area (Å²) in [4.78, 5) is 34.7. The number of carboxylic acids is 1. The second kappa shape index (κ2) is 7.18. The van der Waals surface area contributed by atoms with Gasteiger partial charge in [0, 0.05) is 11.3 Å². The molecule has 1 aliphatic heterocycles. The van der Waals surface area contributed by atoms with Gasteiger partial charge >= 0.3 is 5.97 Å². The molecule has 0 bridgehead atoms. The van der Waals surface area contributed by atoms with E-state index in [1.807, 2.05) is 6.07 Å². The highest BCUT2D eigenvalue weighted by Gasteiger charge is 2.52. The number of carboxylic acid groups (broad SMARTS) is 1. The minimum atomic E-state index is -1.12. The van der Waals surface area contributed by atoms with E-state index in [0.29, 0.717) is 5.56 Å². The molecule has 1 aromatic rings. The molecule has 2 rings (SSSR count). The maximum absolute atomic E-state index is 12.2. The molecule has 1 amide bonds. The van der Waals surface area contributed by atoms with Gasteiger partial charge in [0.05, 0.1) is 5.29 Å². The average molecular weight is 352 g/mol. The van der Waals surface area contributed by atoms with Gasteiger partial charge in [-0.05, 0) is 19.4 Å². The van der Waals surface area contributed by atoms with Gasteiger partial charge in [-0.15, -0.1) is 16.7 Å². The number of thioether (sulfide) groups is 1. The summed E-state index contributed by atoms with van der Waals surface area (Å²) in [6.45, 7) is 3.53. The van der Waals surface area contributed by atoms with E-state index < -0.39 is 34.1 Å². The zero-order valence-electron chi connectivity index (χ0n) is 13.4. The molecule has 1 unspecified atom stereocenters. The standard InChI is InChI=1S/C15H20N4O4S/c1-15(2)12(14(21)22)19(18-23)10(24-15)8-17-13(20)11(16)9-6-4-3-5-7-9/h3-7,10-12H,8,16H2,1-2H3,(H,17,20)(H,21,22)/t10?,11-,12+/m1/s1. The molecule has 1 aromatic carbocycles. The second-order valence-corrected chi connectivity index (χ2v) is 7.84. The van der Waals surface area contributed by atoms with Crippen LogP contribution in [0.1, 0.15) is 25.5 Å². The van der Waals surface area contributed by atoms with E-state index in [1.54, 1.807) is 38.1 Å². The molecule has 1 fully saturated rings. The van der Waals surface area contributed by atoms with Crippen molar-refractivity contribution in [3.63, 3.8) is 0 Å². The van der Waals surface area contributed by atoms with Crippen molar-refractivity contribution in [3.8, 4) is 0 Å². The van der Waals surface area contributed by atoms with Crippen LogP contribution < -0.4 is 11.1 Å². The Bertz CT molecular complexity index is 625. The summed E-state index contributed by atoms with van der Waals surface area (Å²) in [5.74, 6) is -1.52. The van der Waals surface area contributed by atoms with E-state index in [0.717, 1.165) is 5.01 Å². The van der Waals surface area contributed by atoms with Gasteiger partial charge in [-0.2, -0.15) is 0 Å². The van der Waals surface area contributed by atoms with E-state index in [-0.39, 0.29) is 6.54 Å². The van der Waals surface area contributed by atoms with Crippen molar-refractivity contribution in [2.75, 3.05) is 6.54 Å². The van der Waals surface area contributed by atoms with Gasteiger partial charge in [0.15, 0.2) is 6.04 Å². The van der Waals surface area contributed by atoms with Gasteiger partial charge in [-0.25, -0.2) is 9.80 Å². The highest BCUT2D eigenvalue weighted by atomic mass is 32.2. The summed E-state index contributed by atoms with van der Waals surface area (Å²) < 4.78 is -0.712. The molecule has 0 aliphatic carbocycles. The van der Waals surface area contributed by atoms with Gasteiger partial charge in [-0.1, -0.05) is 30.3 Å². The molecule has 4 N–H and O–H groups in total. The van der Waals surface area contributed by atoms with Crippen molar-refractivity contribution in [1.82, 2.24) is 10.3 Å². The van der Waals surface area contributed by atoms with Gasteiger partial charge in [0.25, 0.3) is 0 Å². The lowest BCUT2D eigenvalue weighted by Crippen LogP contribution is -2.47. The third kappa shape index (κ3) is 3.68. The molecule has 0 saturated carbocycles. The Morgan fingerprint density at radius 3 is 2.58 bits per heavy atom. The summed E-state index contributed by atoms with van der Waals surface area (Å²) >= 11 is 1.28. The van der Waals surface area contributed by atoms with Crippen LogP contribution in [0, 0.1) is 4.91 Å². The third-order valence-corrected chi connectivity index (χ3v) is 5.36. The van der Waals surface area contributed by atoms with Crippen LogP contribution in [0.25, 0.3) is 0 Å². The maximum Gasteiger partial charge on any atom is 0.329 e. The number of nitroso groups, excluding NO2 is 1. The Kier molecular flexibility index (Phi) is 5.45. The number of amides is 1. The predicted molar refractivity (Wildman–Crippen MR) is 90.9 cm³/mol. The Balaban J connectivity index is 2.02. The van der Waals surface area contributed by atoms with Crippen LogP contribution in [0.2, 0.25) is 0 Å². The monoisotopic (exact) mass is 352 g/mol. The van der Waals surface area contributed by atoms with Crippen LogP contribution in [-0.4, -0.2) is 44.7 Å². The number of aliphatic carboxylic acids is 1. The molecule has 130 valence electrons. The average Bonchev–Trinajstić information content (AvgIpc) is 2.82. The summed E-state index contributed by atoms with van der Waals surface area (Å²) in [7, 11) is 0. The van der Waals surface area contributed by atoms with E-state index in [9.17, 15) is 19.6 Å². The Labute approximate surface area is 143 Å². The van der Waals surface area contributed by atoms with Crippen LogP contribution >= 0.6 is 11.8 Å². The molecule has 9 heteroatoms. The highest BCUT2D eigenvalue weighted by molar-refractivity contribution is 8.01. The minimum absolute atomic E-state index is 0.0724. The minimum Gasteiger partial charge on any atom is -0.480 e. The molecule has 0 aromatic heterocycles. The second-order valence-electron chi connectivity index (χ2n) is 6.01. The van der Waals surface area contributed by atoms with Crippen molar-refractivity contribution in [3.05, 3.63) is 40.8 Å². The van der Waals surface area contributed by atoms with E-state index >= 15 is 0 Å². The smallest absolute Gasteiger partial charge is 0.329 e. The van der Waals surface area contributed by atoms with Crippen molar-refractivity contribution >= 4 is 23.6 Å². The van der Waals surface area contributed by atoms with Crippen LogP contribution in [0.4, 0.5) is 0 Å². The van der Waals surface area contributed by atoms with E-state index in [4.69, 9.17) is 5.73 Å². The normalized spacial score (nSPS) is 23.5. The SMILES string of the molecule is CC1(C)SC(CNC(=O)[C@H](N)c2ccccc2)N(N=O)[C@H]1C(=O)O. The Hall–Kier alpha value is -2.13. The molecule has 3 atom stereocenters. The number of benzene rings is 1. The van der Waals surface area contributed by atoms with Crippen LogP contribution in [0.5, 0.6) is 0 Å². The van der Waals surface area contributed by atoms with Gasteiger partial charge in [-0.3, -0.25) is 4.79 Å². The lowest BCUT2D eigenvalue weighted by atomic mass is 10.0. The number of hydrogen-bond acceptors (Lipinski definition) is 6. The quantitative estimate of drug-likeness (QED) is 0.654. The number of nitrogens with zero attached hydrogens (tertiary/aromatic N) is 2. The topological polar surface area (TPSA) is 125 Å². The first-order chi connectivity index (χ1) is 11.3. The molecular formula is C15H20N4O4S. The van der Waals surface area contributed by atoms with Gasteiger partial charge in [0.2, 0.25) is 5.91 Å². The van der Waals surface area contributed by atoms with Gasteiger partial charge in [0.1, 0.15) is 11.4 Å². The maximum atomic E-state index is 12.2. The largest absolute Gasteiger partial charge is 0.480 e. The lowest BCUT2D eigenvalue weighted by molar-refractivity contribution is -0.144. The van der Waals surface area contributed by atoms with Crippen LogP contribution in [0.3, 0.4) is 0 Å². The van der Waals surface area contributed by atoms with Crippen molar-refractivity contribution in [2.24, 2.45) is 11.0 Å². The third-order valence-electron chi connectivity index (χ3n) is 3.88. The first kappa shape index (κ1) is 18.2. The fourth-order valence-corrected chi connectivity index (χ4v) is 4.18. The first-order valence-electron chi connectivity index (χ1n) is 7.38. The molecule has 0 radical (unpaired) electrons. The fourth-order valence-electron chi connectivity index (χ4n) is 2.71. The van der Waals surface area contributed by atoms with Crippen LogP contribution in [-0.2, 0) is 9.59 Å². The highest BCUT2D eigenvalue weighted by Crippen LogP contribution is 2.44. The number of hydrogen-bond donors (Lipinski definition) is 3. The Morgan fingerprint density at radius 1 is 1.42 bits per heavy atom. The molecular weight excluding hydrogens is 332 g/mol. The van der Waals surface area contributed by atoms with Crippen molar-refractivity contribution < 1.29 is 14.7 Å². The number of carbonyl (C=O) groups excluding carboxylic acids is 1. The number of nitrogens with one attached hydrogen (secondary N) is 1. The lowest BCUT2D eigenvalue weighted by Gasteiger charge is -2.24. The Morgan fingerprint density at radius 2 is 2.04 bits per heavy atom. The van der Waals surface area contributed by atoms with Crippen LogP contribution in [0.15, 0.2) is 35.6 Å².